The first-order valence-electron chi connectivity index (χ1n) is 8.73. The number of hydrogen-bond donors (Lipinski definition) is 1. The SMILES string of the molecule is Cc1ccc(-c2nc(CSc3nnc(-c4ccc(Cl)cc4Cl)n3N)co2)c(C)c1. The quantitative estimate of drug-likeness (QED) is 0.321. The van der Waals surface area contributed by atoms with Crippen molar-refractivity contribution >= 4 is 35.0 Å². The Hall–Kier alpha value is -2.48. The average molecular weight is 446 g/mol. The van der Waals surface area contributed by atoms with Gasteiger partial charge in [-0.3, -0.25) is 0 Å². The van der Waals surface area contributed by atoms with Crippen LogP contribution in [-0.4, -0.2) is 19.9 Å². The molecule has 0 bridgehead atoms. The van der Waals surface area contributed by atoms with Gasteiger partial charge in [-0.25, -0.2) is 9.66 Å². The molecule has 4 rings (SSSR count). The molecule has 0 atom stereocenters. The van der Waals surface area contributed by atoms with Crippen molar-refractivity contribution in [3.63, 3.8) is 0 Å². The summed E-state index contributed by atoms with van der Waals surface area (Å²) < 4.78 is 7.07. The minimum Gasteiger partial charge on any atom is -0.444 e. The average Bonchev–Trinajstić information content (AvgIpc) is 3.27. The van der Waals surface area contributed by atoms with Gasteiger partial charge >= 0.3 is 0 Å². The van der Waals surface area contributed by atoms with Crippen LogP contribution in [0, 0.1) is 13.8 Å². The van der Waals surface area contributed by atoms with E-state index in [1.54, 1.807) is 24.5 Å². The summed E-state index contributed by atoms with van der Waals surface area (Å²) in [5, 5.41) is 9.87. The van der Waals surface area contributed by atoms with Gasteiger partial charge in [-0.1, -0.05) is 52.7 Å². The van der Waals surface area contributed by atoms with Gasteiger partial charge in [0.2, 0.25) is 11.0 Å². The van der Waals surface area contributed by atoms with Crippen LogP contribution in [0.15, 0.2) is 52.2 Å². The molecule has 0 saturated carbocycles. The Morgan fingerprint density at radius 2 is 1.86 bits per heavy atom. The predicted molar refractivity (Wildman–Crippen MR) is 117 cm³/mol. The van der Waals surface area contributed by atoms with Crippen molar-refractivity contribution in [1.29, 1.82) is 0 Å². The van der Waals surface area contributed by atoms with Gasteiger partial charge in [0.1, 0.15) is 6.26 Å². The third-order valence-corrected chi connectivity index (χ3v) is 5.87. The van der Waals surface area contributed by atoms with Crippen LogP contribution in [0.25, 0.3) is 22.8 Å². The van der Waals surface area contributed by atoms with Crippen molar-refractivity contribution in [3.05, 3.63) is 69.5 Å². The second-order valence-electron chi connectivity index (χ2n) is 6.55. The molecule has 2 aromatic carbocycles. The Balaban J connectivity index is 1.50. The number of aromatic nitrogens is 4. The molecule has 0 fully saturated rings. The lowest BCUT2D eigenvalue weighted by Gasteiger charge is -2.05. The van der Waals surface area contributed by atoms with Crippen molar-refractivity contribution in [2.24, 2.45) is 0 Å². The summed E-state index contributed by atoms with van der Waals surface area (Å²) in [6, 6.07) is 11.3. The number of aryl methyl sites for hydroxylation is 2. The van der Waals surface area contributed by atoms with Crippen molar-refractivity contribution in [2.45, 2.75) is 24.8 Å². The Labute approximate surface area is 182 Å². The van der Waals surface area contributed by atoms with Crippen LogP contribution < -0.4 is 5.84 Å². The zero-order valence-electron chi connectivity index (χ0n) is 15.7. The first kappa shape index (κ1) is 19.8. The lowest BCUT2D eigenvalue weighted by atomic mass is 10.1. The fraction of sp³-hybridized carbons (Fsp3) is 0.150. The van der Waals surface area contributed by atoms with Crippen LogP contribution in [0.2, 0.25) is 10.0 Å². The normalized spacial score (nSPS) is 11.2. The second-order valence-corrected chi connectivity index (χ2v) is 8.34. The van der Waals surface area contributed by atoms with E-state index in [1.807, 2.05) is 19.1 Å². The Morgan fingerprint density at radius 3 is 2.62 bits per heavy atom. The minimum atomic E-state index is 0.461. The number of rotatable bonds is 5. The van der Waals surface area contributed by atoms with Crippen LogP contribution in [0.4, 0.5) is 0 Å². The summed E-state index contributed by atoms with van der Waals surface area (Å²) in [6.07, 6.45) is 1.65. The molecule has 2 N–H and O–H groups in total. The smallest absolute Gasteiger partial charge is 0.226 e. The molecular formula is C20H17Cl2N5OS. The highest BCUT2D eigenvalue weighted by atomic mass is 35.5. The number of nitrogens with two attached hydrogens (primary N) is 1. The maximum Gasteiger partial charge on any atom is 0.226 e. The highest BCUT2D eigenvalue weighted by Gasteiger charge is 2.16. The first-order chi connectivity index (χ1) is 13.9. The van der Waals surface area contributed by atoms with Crippen LogP contribution in [0.3, 0.4) is 0 Å². The van der Waals surface area contributed by atoms with E-state index < -0.39 is 0 Å². The molecule has 0 aliphatic heterocycles. The first-order valence-corrected chi connectivity index (χ1v) is 10.5. The van der Waals surface area contributed by atoms with E-state index >= 15 is 0 Å². The lowest BCUT2D eigenvalue weighted by Crippen LogP contribution is -2.11. The molecular weight excluding hydrogens is 429 g/mol. The molecule has 0 aliphatic carbocycles. The Morgan fingerprint density at radius 1 is 1.07 bits per heavy atom. The van der Waals surface area contributed by atoms with Gasteiger partial charge in [0.05, 0.1) is 10.7 Å². The summed E-state index contributed by atoms with van der Waals surface area (Å²) in [7, 11) is 0. The summed E-state index contributed by atoms with van der Waals surface area (Å²) >= 11 is 13.6. The van der Waals surface area contributed by atoms with Gasteiger partial charge in [0.25, 0.3) is 0 Å². The Kier molecular flexibility index (Phi) is 5.54. The summed E-state index contributed by atoms with van der Waals surface area (Å²) in [5.74, 6) is 7.77. The molecule has 6 nitrogen and oxygen atoms in total. The van der Waals surface area contributed by atoms with Gasteiger partial charge in [0.15, 0.2) is 5.82 Å². The minimum absolute atomic E-state index is 0.461. The van der Waals surface area contributed by atoms with E-state index in [4.69, 9.17) is 33.5 Å². The third kappa shape index (κ3) is 4.12. The number of oxazole rings is 1. The molecule has 0 saturated heterocycles. The molecule has 4 aromatic rings. The fourth-order valence-electron chi connectivity index (χ4n) is 2.92. The molecule has 0 amide bonds. The largest absolute Gasteiger partial charge is 0.444 e. The lowest BCUT2D eigenvalue weighted by molar-refractivity contribution is 0.573. The maximum absolute atomic E-state index is 6.25. The standard InChI is InChI=1S/C20H17Cl2N5OS/c1-11-3-5-15(12(2)7-11)19-24-14(9-28-19)10-29-20-26-25-18(27(20)23)16-6-4-13(21)8-17(16)22/h3-9H,10,23H2,1-2H3. The van der Waals surface area contributed by atoms with Gasteiger partial charge in [-0.2, -0.15) is 0 Å². The van der Waals surface area contributed by atoms with Crippen molar-refractivity contribution in [3.8, 4) is 22.8 Å². The third-order valence-electron chi connectivity index (χ3n) is 4.35. The highest BCUT2D eigenvalue weighted by Crippen LogP contribution is 2.31. The van der Waals surface area contributed by atoms with E-state index in [0.717, 1.165) is 16.8 Å². The van der Waals surface area contributed by atoms with E-state index in [9.17, 15) is 0 Å². The van der Waals surface area contributed by atoms with E-state index in [-0.39, 0.29) is 0 Å². The van der Waals surface area contributed by atoms with Crippen LogP contribution in [0.5, 0.6) is 0 Å². The van der Waals surface area contributed by atoms with Crippen LogP contribution in [-0.2, 0) is 5.75 Å². The van der Waals surface area contributed by atoms with E-state index in [2.05, 4.69) is 28.2 Å². The zero-order chi connectivity index (χ0) is 20.5. The van der Waals surface area contributed by atoms with Crippen LogP contribution in [0.1, 0.15) is 16.8 Å². The number of thioether (sulfide) groups is 1. The Bertz CT molecular complexity index is 1190. The number of nitrogens with zero attached hydrogens (tertiary/aromatic N) is 4. The topological polar surface area (TPSA) is 82.8 Å². The molecule has 148 valence electrons. The molecule has 2 heterocycles. The molecule has 9 heteroatoms. The van der Waals surface area contributed by atoms with Crippen molar-refractivity contribution in [2.75, 3.05) is 5.84 Å². The van der Waals surface area contributed by atoms with Crippen molar-refractivity contribution in [1.82, 2.24) is 19.9 Å². The number of nitrogen functional groups attached to an aromatic ring is 1. The molecule has 0 aliphatic rings. The maximum atomic E-state index is 6.25. The van der Waals surface area contributed by atoms with Gasteiger partial charge in [-0.05, 0) is 43.7 Å². The van der Waals surface area contributed by atoms with Crippen molar-refractivity contribution < 1.29 is 4.42 Å². The summed E-state index contributed by atoms with van der Waals surface area (Å²) in [6.45, 7) is 4.10. The molecule has 0 spiro atoms. The predicted octanol–water partition coefficient (Wildman–Crippen LogP) is 5.53. The van der Waals surface area contributed by atoms with Gasteiger partial charge in [0, 0.05) is 21.9 Å². The fourth-order valence-corrected chi connectivity index (χ4v) is 4.15. The highest BCUT2D eigenvalue weighted by molar-refractivity contribution is 7.98. The van der Waals surface area contributed by atoms with Crippen LogP contribution >= 0.6 is 35.0 Å². The number of benzene rings is 2. The monoisotopic (exact) mass is 445 g/mol. The summed E-state index contributed by atoms with van der Waals surface area (Å²) in [4.78, 5) is 4.58. The van der Waals surface area contributed by atoms with Gasteiger partial charge < -0.3 is 10.3 Å². The van der Waals surface area contributed by atoms with E-state index in [1.165, 1.54) is 22.0 Å². The molecule has 0 unspecified atom stereocenters. The van der Waals surface area contributed by atoms with E-state index in [0.29, 0.717) is 38.2 Å². The molecule has 0 radical (unpaired) electrons. The van der Waals surface area contributed by atoms with Gasteiger partial charge in [-0.15, -0.1) is 10.2 Å². The summed E-state index contributed by atoms with van der Waals surface area (Å²) in [5.41, 5.74) is 4.76. The second kappa shape index (κ2) is 8.10. The zero-order valence-corrected chi connectivity index (χ0v) is 18.0. The molecule has 2 aromatic heterocycles. The number of hydrogen-bond acceptors (Lipinski definition) is 6. The molecule has 29 heavy (non-hydrogen) atoms. The number of halogens is 2.